The summed E-state index contributed by atoms with van der Waals surface area (Å²) < 4.78 is 14.6. The monoisotopic (exact) mass is 402 g/mol. The van der Waals surface area contributed by atoms with Crippen LogP contribution in [0.2, 0.25) is 8.67 Å². The van der Waals surface area contributed by atoms with Gasteiger partial charge in [-0.15, -0.1) is 11.3 Å². The maximum absolute atomic E-state index is 13.0. The van der Waals surface area contributed by atoms with Crippen molar-refractivity contribution in [1.29, 1.82) is 0 Å². The lowest BCUT2D eigenvalue weighted by Crippen LogP contribution is -2.01. The van der Waals surface area contributed by atoms with Gasteiger partial charge in [0, 0.05) is 9.13 Å². The van der Waals surface area contributed by atoms with Crippen LogP contribution in [-0.2, 0) is 0 Å². The van der Waals surface area contributed by atoms with Crippen LogP contribution in [0.15, 0.2) is 24.3 Å². The molecular weight excluding hydrogens is 397 g/mol. The minimum Gasteiger partial charge on any atom is -0.384 e. The summed E-state index contributed by atoms with van der Waals surface area (Å²) in [5.41, 5.74) is 1.16. The molecular formula is C11H6Cl2FIOS. The quantitative estimate of drug-likeness (QED) is 0.709. The average molecular weight is 403 g/mol. The molecule has 0 fully saturated rings. The van der Waals surface area contributed by atoms with Crippen LogP contribution in [0.1, 0.15) is 17.2 Å². The Balaban J connectivity index is 2.43. The van der Waals surface area contributed by atoms with Gasteiger partial charge < -0.3 is 5.11 Å². The Hall–Kier alpha value is 0.120. The van der Waals surface area contributed by atoms with Crippen LogP contribution in [0.4, 0.5) is 4.39 Å². The molecule has 0 saturated heterocycles. The zero-order valence-corrected chi connectivity index (χ0v) is 12.7. The minimum atomic E-state index is -0.890. The van der Waals surface area contributed by atoms with Gasteiger partial charge in [0.15, 0.2) is 0 Å². The SMILES string of the molecule is OC(c1ccc(F)cc1I)c1cc(Cl)sc1Cl. The van der Waals surface area contributed by atoms with E-state index in [-0.39, 0.29) is 5.82 Å². The van der Waals surface area contributed by atoms with Crippen molar-refractivity contribution >= 4 is 57.1 Å². The Kier molecular flexibility index (Phi) is 4.31. The Labute approximate surface area is 125 Å². The van der Waals surface area contributed by atoms with Crippen molar-refractivity contribution in [1.82, 2.24) is 0 Å². The molecule has 0 aliphatic heterocycles. The van der Waals surface area contributed by atoms with E-state index in [2.05, 4.69) is 0 Å². The summed E-state index contributed by atoms with van der Waals surface area (Å²) in [4.78, 5) is 0. The van der Waals surface area contributed by atoms with E-state index in [4.69, 9.17) is 23.2 Å². The summed E-state index contributed by atoms with van der Waals surface area (Å²) in [6, 6.07) is 5.84. The summed E-state index contributed by atoms with van der Waals surface area (Å²) in [6.07, 6.45) is -0.890. The van der Waals surface area contributed by atoms with Crippen molar-refractivity contribution in [2.24, 2.45) is 0 Å². The first-order valence-electron chi connectivity index (χ1n) is 4.57. The fourth-order valence-electron chi connectivity index (χ4n) is 1.43. The van der Waals surface area contributed by atoms with Crippen molar-refractivity contribution in [3.05, 3.63) is 53.5 Å². The first kappa shape index (κ1) is 13.5. The average Bonchev–Trinajstić information content (AvgIpc) is 2.57. The van der Waals surface area contributed by atoms with E-state index in [0.29, 0.717) is 23.4 Å². The lowest BCUT2D eigenvalue weighted by Gasteiger charge is -2.12. The van der Waals surface area contributed by atoms with E-state index in [1.165, 1.54) is 23.5 Å². The molecule has 1 N–H and O–H groups in total. The largest absolute Gasteiger partial charge is 0.384 e. The molecule has 1 atom stereocenters. The van der Waals surface area contributed by atoms with Crippen molar-refractivity contribution in [2.75, 3.05) is 0 Å². The number of benzene rings is 1. The molecule has 2 rings (SSSR count). The van der Waals surface area contributed by atoms with Gasteiger partial charge in [0.2, 0.25) is 0 Å². The number of hydrogen-bond donors (Lipinski definition) is 1. The molecule has 0 amide bonds. The molecule has 0 radical (unpaired) electrons. The number of rotatable bonds is 2. The standard InChI is InChI=1S/C11H6Cl2FIOS/c12-9-4-7(11(13)17-9)10(16)6-2-1-5(14)3-8(6)15/h1-4,10,16H. The Morgan fingerprint density at radius 1 is 1.24 bits per heavy atom. The molecule has 0 aliphatic rings. The second kappa shape index (κ2) is 5.40. The van der Waals surface area contributed by atoms with Gasteiger partial charge in [0.25, 0.3) is 0 Å². The van der Waals surface area contributed by atoms with Crippen LogP contribution < -0.4 is 0 Å². The van der Waals surface area contributed by atoms with Gasteiger partial charge in [-0.1, -0.05) is 29.3 Å². The van der Waals surface area contributed by atoms with Gasteiger partial charge in [-0.25, -0.2) is 4.39 Å². The smallest absolute Gasteiger partial charge is 0.124 e. The summed E-state index contributed by atoms with van der Waals surface area (Å²) in [7, 11) is 0. The highest BCUT2D eigenvalue weighted by Crippen LogP contribution is 2.38. The van der Waals surface area contributed by atoms with E-state index in [9.17, 15) is 9.50 Å². The lowest BCUT2D eigenvalue weighted by atomic mass is 10.0. The van der Waals surface area contributed by atoms with E-state index >= 15 is 0 Å². The molecule has 6 heteroatoms. The summed E-state index contributed by atoms with van der Waals surface area (Å²) in [6.45, 7) is 0. The van der Waals surface area contributed by atoms with E-state index in [1.54, 1.807) is 12.1 Å². The molecule has 90 valence electrons. The van der Waals surface area contributed by atoms with Crippen LogP contribution in [0.5, 0.6) is 0 Å². The van der Waals surface area contributed by atoms with Crippen LogP contribution in [0.3, 0.4) is 0 Å². The third-order valence-electron chi connectivity index (χ3n) is 2.23. The fraction of sp³-hybridized carbons (Fsp3) is 0.0909. The molecule has 0 bridgehead atoms. The Morgan fingerprint density at radius 3 is 2.47 bits per heavy atom. The van der Waals surface area contributed by atoms with Crippen LogP contribution >= 0.6 is 57.1 Å². The molecule has 1 nitrogen and oxygen atoms in total. The second-order valence-electron chi connectivity index (χ2n) is 3.35. The maximum Gasteiger partial charge on any atom is 0.124 e. The molecule has 0 spiro atoms. The maximum atomic E-state index is 13.0. The normalized spacial score (nSPS) is 12.8. The van der Waals surface area contributed by atoms with E-state index in [1.807, 2.05) is 22.6 Å². The first-order chi connectivity index (χ1) is 7.99. The molecule has 1 heterocycles. The van der Waals surface area contributed by atoms with E-state index in [0.717, 1.165) is 0 Å². The summed E-state index contributed by atoms with van der Waals surface area (Å²) in [5, 5.41) is 10.2. The molecule has 2 aromatic rings. The van der Waals surface area contributed by atoms with Gasteiger partial charge >= 0.3 is 0 Å². The van der Waals surface area contributed by atoms with Gasteiger partial charge in [-0.3, -0.25) is 0 Å². The highest BCUT2D eigenvalue weighted by molar-refractivity contribution is 14.1. The van der Waals surface area contributed by atoms with Crippen LogP contribution in [0, 0.1) is 9.39 Å². The highest BCUT2D eigenvalue weighted by Gasteiger charge is 2.19. The van der Waals surface area contributed by atoms with Gasteiger partial charge in [-0.05, 0) is 46.4 Å². The van der Waals surface area contributed by atoms with Crippen molar-refractivity contribution < 1.29 is 9.50 Å². The molecule has 17 heavy (non-hydrogen) atoms. The molecule has 1 aromatic heterocycles. The number of halogens is 4. The van der Waals surface area contributed by atoms with Crippen molar-refractivity contribution in [3.63, 3.8) is 0 Å². The third-order valence-corrected chi connectivity index (χ3v) is 4.69. The highest BCUT2D eigenvalue weighted by atomic mass is 127. The van der Waals surface area contributed by atoms with Crippen LogP contribution in [-0.4, -0.2) is 5.11 Å². The zero-order valence-electron chi connectivity index (χ0n) is 8.25. The predicted octanol–water partition coefficient (Wildman–Crippen LogP) is 4.88. The fourth-order valence-corrected chi connectivity index (χ4v) is 3.72. The van der Waals surface area contributed by atoms with Gasteiger partial charge in [0.1, 0.15) is 16.3 Å². The molecule has 1 aromatic carbocycles. The number of aliphatic hydroxyl groups excluding tert-OH is 1. The Bertz CT molecular complexity index is 558. The minimum absolute atomic E-state index is 0.334. The number of hydrogen-bond acceptors (Lipinski definition) is 2. The summed E-state index contributed by atoms with van der Waals surface area (Å²) in [5.74, 6) is -0.334. The summed E-state index contributed by atoms with van der Waals surface area (Å²) >= 11 is 15.0. The predicted molar refractivity (Wildman–Crippen MR) is 77.5 cm³/mol. The van der Waals surface area contributed by atoms with E-state index < -0.39 is 6.10 Å². The zero-order chi connectivity index (χ0) is 12.6. The Morgan fingerprint density at radius 2 is 1.94 bits per heavy atom. The topological polar surface area (TPSA) is 20.2 Å². The van der Waals surface area contributed by atoms with Crippen molar-refractivity contribution in [2.45, 2.75) is 6.10 Å². The molecule has 1 unspecified atom stereocenters. The molecule has 0 aliphatic carbocycles. The van der Waals surface area contributed by atoms with Gasteiger partial charge in [0.05, 0.1) is 4.34 Å². The van der Waals surface area contributed by atoms with Gasteiger partial charge in [-0.2, -0.15) is 0 Å². The van der Waals surface area contributed by atoms with Crippen molar-refractivity contribution in [3.8, 4) is 0 Å². The molecule has 0 saturated carbocycles. The number of thiophene rings is 1. The second-order valence-corrected chi connectivity index (χ2v) is 6.80. The third kappa shape index (κ3) is 2.93. The first-order valence-corrected chi connectivity index (χ1v) is 7.22. The number of aliphatic hydroxyl groups is 1. The van der Waals surface area contributed by atoms with Crippen LogP contribution in [0.25, 0.3) is 0 Å². The lowest BCUT2D eigenvalue weighted by molar-refractivity contribution is 0.220.